The second kappa shape index (κ2) is 9.54. The van der Waals surface area contributed by atoms with Crippen molar-refractivity contribution in [2.75, 3.05) is 51.4 Å². The summed E-state index contributed by atoms with van der Waals surface area (Å²) in [7, 11) is 1.58. The molecule has 3 aromatic rings. The summed E-state index contributed by atoms with van der Waals surface area (Å²) in [6.07, 6.45) is 0. The van der Waals surface area contributed by atoms with E-state index in [0.29, 0.717) is 53.8 Å². The highest BCUT2D eigenvalue weighted by Crippen LogP contribution is 2.30. The Kier molecular flexibility index (Phi) is 6.57. The number of oxazole rings is 1. The van der Waals surface area contributed by atoms with Crippen LogP contribution in [-0.4, -0.2) is 67.0 Å². The van der Waals surface area contributed by atoms with Crippen LogP contribution in [0.25, 0.3) is 11.1 Å². The zero-order valence-electron chi connectivity index (χ0n) is 17.6. The largest absolute Gasteiger partial charge is 0.495 e. The molecule has 0 radical (unpaired) electrons. The van der Waals surface area contributed by atoms with Crippen molar-refractivity contribution in [3.05, 3.63) is 52.0 Å². The summed E-state index contributed by atoms with van der Waals surface area (Å²) < 4.78 is 17.2. The highest BCUT2D eigenvalue weighted by Gasteiger charge is 2.23. The second-order valence-electron chi connectivity index (χ2n) is 7.34. The summed E-state index contributed by atoms with van der Waals surface area (Å²) in [4.78, 5) is 29.1. The molecule has 1 saturated heterocycles. The molecule has 0 atom stereocenters. The summed E-state index contributed by atoms with van der Waals surface area (Å²) in [6, 6.07) is 10.5. The van der Waals surface area contributed by atoms with Crippen LogP contribution in [0.2, 0.25) is 5.02 Å². The Morgan fingerprint density at radius 2 is 1.94 bits per heavy atom. The molecule has 1 amide bonds. The third-order valence-electron chi connectivity index (χ3n) is 5.43. The molecule has 2 heterocycles. The third-order valence-corrected chi connectivity index (χ3v) is 5.74. The first-order chi connectivity index (χ1) is 15.5. The lowest BCUT2D eigenvalue weighted by molar-refractivity contribution is -0.132. The van der Waals surface area contributed by atoms with Crippen molar-refractivity contribution in [3.63, 3.8) is 0 Å². The Bertz CT molecular complexity index is 1170. The number of hydrogen-bond donors (Lipinski definition) is 1. The van der Waals surface area contributed by atoms with Gasteiger partial charge >= 0.3 is 5.76 Å². The van der Waals surface area contributed by atoms with Crippen LogP contribution in [-0.2, 0) is 11.3 Å². The van der Waals surface area contributed by atoms with Gasteiger partial charge in [0.25, 0.3) is 0 Å². The maximum Gasteiger partial charge on any atom is 0.420 e. The third kappa shape index (κ3) is 4.53. The lowest BCUT2D eigenvalue weighted by Crippen LogP contribution is -2.50. The number of halogens is 1. The van der Waals surface area contributed by atoms with Crippen molar-refractivity contribution in [2.24, 2.45) is 0 Å². The molecule has 0 aliphatic carbocycles. The van der Waals surface area contributed by atoms with E-state index < -0.39 is 5.76 Å². The molecule has 1 aliphatic rings. The zero-order chi connectivity index (χ0) is 22.7. The molecule has 1 aromatic heterocycles. The minimum Gasteiger partial charge on any atom is -0.495 e. The number of anilines is 1. The van der Waals surface area contributed by atoms with Crippen molar-refractivity contribution in [1.29, 1.82) is 0 Å². The number of amides is 1. The van der Waals surface area contributed by atoms with Gasteiger partial charge in [0, 0.05) is 44.0 Å². The molecule has 32 heavy (non-hydrogen) atoms. The van der Waals surface area contributed by atoms with Crippen LogP contribution in [0.1, 0.15) is 0 Å². The predicted octanol–water partition coefficient (Wildman–Crippen LogP) is 1.98. The van der Waals surface area contributed by atoms with Crippen LogP contribution in [0, 0.1) is 0 Å². The fourth-order valence-electron chi connectivity index (χ4n) is 3.74. The first kappa shape index (κ1) is 22.0. The Labute approximate surface area is 189 Å². The van der Waals surface area contributed by atoms with E-state index >= 15 is 0 Å². The van der Waals surface area contributed by atoms with Crippen molar-refractivity contribution in [2.45, 2.75) is 6.54 Å². The average molecular weight is 462 g/mol. The van der Waals surface area contributed by atoms with Gasteiger partial charge in [-0.2, -0.15) is 0 Å². The number of nitrogens with zero attached hydrogens (tertiary/aromatic N) is 3. The van der Waals surface area contributed by atoms with Gasteiger partial charge in [-0.1, -0.05) is 11.6 Å². The van der Waals surface area contributed by atoms with Crippen molar-refractivity contribution in [3.8, 4) is 11.5 Å². The molecule has 10 heteroatoms. The molecule has 9 nitrogen and oxygen atoms in total. The van der Waals surface area contributed by atoms with Gasteiger partial charge in [0.05, 0.1) is 24.3 Å². The van der Waals surface area contributed by atoms with Gasteiger partial charge in [-0.05, 0) is 24.3 Å². The van der Waals surface area contributed by atoms with E-state index in [9.17, 15) is 9.59 Å². The molecular formula is C22H24ClN3O6. The standard InChI is InChI=1S/C22H24ClN3O6/c1-30-19-12-15(2-4-17(19)23)24-6-8-25(9-7-24)21(28)14-26-18-5-3-16(31-11-10-27)13-20(18)32-22(26)29/h2-5,12-13,27H,6-11,14H2,1H3. The number of carbonyl (C=O) groups excluding carboxylic acids is 1. The fraction of sp³-hybridized carbons (Fsp3) is 0.364. The van der Waals surface area contributed by atoms with Crippen molar-refractivity contribution in [1.82, 2.24) is 9.47 Å². The minimum atomic E-state index is -0.598. The first-order valence-electron chi connectivity index (χ1n) is 10.2. The lowest BCUT2D eigenvalue weighted by atomic mass is 10.2. The van der Waals surface area contributed by atoms with Gasteiger partial charge in [0.2, 0.25) is 5.91 Å². The SMILES string of the molecule is COc1cc(N2CCN(C(=O)Cn3c(=O)oc4cc(OCCO)ccc43)CC2)ccc1Cl. The van der Waals surface area contributed by atoms with E-state index in [4.69, 9.17) is 30.6 Å². The first-order valence-corrected chi connectivity index (χ1v) is 10.6. The highest BCUT2D eigenvalue weighted by atomic mass is 35.5. The summed E-state index contributed by atoms with van der Waals surface area (Å²) in [5.41, 5.74) is 1.83. The van der Waals surface area contributed by atoms with E-state index in [1.165, 1.54) is 4.57 Å². The monoisotopic (exact) mass is 461 g/mol. The van der Waals surface area contributed by atoms with E-state index in [0.717, 1.165) is 5.69 Å². The maximum atomic E-state index is 12.9. The molecule has 0 saturated carbocycles. The Hall–Kier alpha value is -3.17. The molecule has 0 unspecified atom stereocenters. The molecule has 1 aliphatic heterocycles. The van der Waals surface area contributed by atoms with E-state index in [-0.39, 0.29) is 25.7 Å². The number of aliphatic hydroxyl groups is 1. The van der Waals surface area contributed by atoms with Gasteiger partial charge < -0.3 is 28.8 Å². The van der Waals surface area contributed by atoms with Crippen LogP contribution in [0.3, 0.4) is 0 Å². The lowest BCUT2D eigenvalue weighted by Gasteiger charge is -2.36. The Morgan fingerprint density at radius 1 is 1.16 bits per heavy atom. The van der Waals surface area contributed by atoms with Crippen LogP contribution in [0.4, 0.5) is 5.69 Å². The minimum absolute atomic E-state index is 0.0998. The maximum absolute atomic E-state index is 12.9. The molecule has 2 aromatic carbocycles. The number of aliphatic hydroxyl groups excluding tert-OH is 1. The summed E-state index contributed by atoms with van der Waals surface area (Å²) in [5, 5.41) is 9.42. The number of rotatable bonds is 7. The number of fused-ring (bicyclic) bond motifs is 1. The van der Waals surface area contributed by atoms with Gasteiger partial charge in [0.15, 0.2) is 5.58 Å². The Morgan fingerprint density at radius 3 is 2.66 bits per heavy atom. The van der Waals surface area contributed by atoms with Gasteiger partial charge in [-0.25, -0.2) is 4.79 Å². The van der Waals surface area contributed by atoms with E-state index in [1.54, 1.807) is 36.3 Å². The topological polar surface area (TPSA) is 97.4 Å². The normalized spacial score (nSPS) is 14.1. The van der Waals surface area contributed by atoms with Crippen LogP contribution >= 0.6 is 11.6 Å². The smallest absolute Gasteiger partial charge is 0.420 e. The van der Waals surface area contributed by atoms with E-state index in [1.807, 2.05) is 12.1 Å². The van der Waals surface area contributed by atoms with Crippen LogP contribution < -0.4 is 20.1 Å². The van der Waals surface area contributed by atoms with Crippen LogP contribution in [0.5, 0.6) is 11.5 Å². The molecule has 1 N–H and O–H groups in total. The number of carbonyl (C=O) groups is 1. The molecule has 4 rings (SSSR count). The molecule has 0 spiro atoms. The van der Waals surface area contributed by atoms with Gasteiger partial charge in [-0.3, -0.25) is 9.36 Å². The molecule has 0 bridgehead atoms. The van der Waals surface area contributed by atoms with E-state index in [2.05, 4.69) is 4.90 Å². The predicted molar refractivity (Wildman–Crippen MR) is 120 cm³/mol. The number of benzene rings is 2. The summed E-state index contributed by atoms with van der Waals surface area (Å²) in [6.45, 7) is 2.31. The zero-order valence-corrected chi connectivity index (χ0v) is 18.4. The van der Waals surface area contributed by atoms with Crippen LogP contribution in [0.15, 0.2) is 45.6 Å². The van der Waals surface area contributed by atoms with Crippen molar-refractivity contribution < 1.29 is 23.8 Å². The summed E-state index contributed by atoms with van der Waals surface area (Å²) >= 11 is 6.10. The fourth-order valence-corrected chi connectivity index (χ4v) is 3.94. The molecular weight excluding hydrogens is 438 g/mol. The quantitative estimate of drug-likeness (QED) is 0.574. The van der Waals surface area contributed by atoms with Gasteiger partial charge in [-0.15, -0.1) is 0 Å². The van der Waals surface area contributed by atoms with Gasteiger partial charge in [0.1, 0.15) is 24.7 Å². The number of methoxy groups -OCH3 is 1. The van der Waals surface area contributed by atoms with Crippen molar-refractivity contribution >= 4 is 34.3 Å². The Balaban J connectivity index is 1.41. The molecule has 170 valence electrons. The highest BCUT2D eigenvalue weighted by molar-refractivity contribution is 6.32. The number of piperazine rings is 1. The molecule has 1 fully saturated rings. The second-order valence-corrected chi connectivity index (χ2v) is 7.75. The number of ether oxygens (including phenoxy) is 2. The average Bonchev–Trinajstić information content (AvgIpc) is 3.12. The number of aromatic nitrogens is 1. The number of hydrogen-bond acceptors (Lipinski definition) is 7. The summed E-state index contributed by atoms with van der Waals surface area (Å²) in [5.74, 6) is 0.343.